The van der Waals surface area contributed by atoms with Crippen LogP contribution in [0.3, 0.4) is 0 Å². The van der Waals surface area contributed by atoms with Gasteiger partial charge < -0.3 is 20.7 Å². The Morgan fingerprint density at radius 3 is 2.59 bits per heavy atom. The highest BCUT2D eigenvalue weighted by Gasteiger charge is 2.29. The van der Waals surface area contributed by atoms with Crippen molar-refractivity contribution in [2.75, 3.05) is 18.4 Å². The van der Waals surface area contributed by atoms with E-state index in [-0.39, 0.29) is 24.1 Å². The first kappa shape index (κ1) is 28.2. The quantitative estimate of drug-likeness (QED) is 0.225. The third-order valence-electron chi connectivity index (χ3n) is 6.97. The summed E-state index contributed by atoms with van der Waals surface area (Å²) in [4.78, 5) is 17.0. The van der Waals surface area contributed by atoms with Crippen LogP contribution in [-0.2, 0) is 6.42 Å². The lowest BCUT2D eigenvalue weighted by Crippen LogP contribution is -2.43. The molecular weight excluding hydrogens is 534 g/mol. The van der Waals surface area contributed by atoms with Gasteiger partial charge in [-0.1, -0.05) is 60.1 Å². The van der Waals surface area contributed by atoms with Gasteiger partial charge in [-0.3, -0.25) is 4.79 Å². The Morgan fingerprint density at radius 1 is 1.10 bits per heavy atom. The Morgan fingerprint density at radius 2 is 1.88 bits per heavy atom. The molecule has 1 aromatic heterocycles. The highest BCUT2D eigenvalue weighted by atomic mass is 35.5. The topological polar surface area (TPSA) is 99.1 Å². The average Bonchev–Trinajstić information content (AvgIpc) is 2.99. The molecule has 0 spiro atoms. The molecule has 1 aliphatic rings. The van der Waals surface area contributed by atoms with Gasteiger partial charge in [-0.25, -0.2) is 4.98 Å². The van der Waals surface area contributed by atoms with Gasteiger partial charge in [0.05, 0.1) is 40.5 Å². The fourth-order valence-corrected chi connectivity index (χ4v) is 5.14. The van der Waals surface area contributed by atoms with Crippen molar-refractivity contribution in [3.63, 3.8) is 0 Å². The molecule has 8 heteroatoms. The lowest BCUT2D eigenvalue weighted by molar-refractivity contribution is 0.0943. The second-order valence-corrected chi connectivity index (χ2v) is 10.7. The number of carbonyl (C=O) groups excluding carboxylic acids is 1. The van der Waals surface area contributed by atoms with Crippen LogP contribution >= 0.6 is 11.6 Å². The first-order chi connectivity index (χ1) is 19.9. The molecule has 0 fully saturated rings. The number of pyridine rings is 1. The van der Waals surface area contributed by atoms with Gasteiger partial charge in [0.25, 0.3) is 5.91 Å². The van der Waals surface area contributed by atoms with E-state index in [9.17, 15) is 4.79 Å². The summed E-state index contributed by atoms with van der Waals surface area (Å²) in [6.45, 7) is 5.16. The summed E-state index contributed by atoms with van der Waals surface area (Å²) in [6.07, 6.45) is 2.41. The van der Waals surface area contributed by atoms with Crippen LogP contribution in [0, 0.1) is 11.3 Å². The van der Waals surface area contributed by atoms with E-state index in [4.69, 9.17) is 21.6 Å². The Labute approximate surface area is 245 Å². The molecule has 0 unspecified atom stereocenters. The first-order valence-electron chi connectivity index (χ1n) is 13.7. The number of ether oxygens (including phenoxy) is 1. The van der Waals surface area contributed by atoms with E-state index in [2.05, 4.69) is 39.1 Å². The van der Waals surface area contributed by atoms with E-state index in [1.54, 1.807) is 18.3 Å². The maximum atomic E-state index is 12.4. The number of halogens is 1. The SMILES string of the molecule is CC(C)NC(=O)c1ccc(-c2cnc3c(c2)NC[C@@H]([C@H](NCCc2ccc(C#N)cc2)c2ccccc2)O3)cc1Cl. The van der Waals surface area contributed by atoms with Crippen LogP contribution in [0.15, 0.2) is 85.1 Å². The average molecular weight is 566 g/mol. The zero-order valence-electron chi connectivity index (χ0n) is 23.0. The zero-order valence-corrected chi connectivity index (χ0v) is 23.8. The Hall–Kier alpha value is -4.38. The molecular formula is C33H32ClN5O2. The van der Waals surface area contributed by atoms with Gasteiger partial charge in [-0.15, -0.1) is 0 Å². The van der Waals surface area contributed by atoms with E-state index in [1.807, 2.05) is 68.4 Å². The van der Waals surface area contributed by atoms with Crippen molar-refractivity contribution in [2.45, 2.75) is 38.5 Å². The Bertz CT molecular complexity index is 1550. The van der Waals surface area contributed by atoms with Gasteiger partial charge in [0.15, 0.2) is 0 Å². The Balaban J connectivity index is 1.29. The molecule has 0 bridgehead atoms. The second kappa shape index (κ2) is 12.9. The van der Waals surface area contributed by atoms with Crippen LogP contribution in [0.4, 0.5) is 5.69 Å². The smallest absolute Gasteiger partial charge is 0.252 e. The maximum Gasteiger partial charge on any atom is 0.252 e. The highest BCUT2D eigenvalue weighted by molar-refractivity contribution is 6.34. The van der Waals surface area contributed by atoms with Crippen LogP contribution in [0.2, 0.25) is 5.02 Å². The van der Waals surface area contributed by atoms with Crippen molar-refractivity contribution in [3.8, 4) is 23.1 Å². The second-order valence-electron chi connectivity index (χ2n) is 10.3. The van der Waals surface area contributed by atoms with Gasteiger partial charge in [0.1, 0.15) is 6.10 Å². The molecule has 0 radical (unpaired) electrons. The first-order valence-corrected chi connectivity index (χ1v) is 14.1. The highest BCUT2D eigenvalue weighted by Crippen LogP contribution is 2.35. The number of nitrogens with zero attached hydrogens (tertiary/aromatic N) is 2. The molecule has 5 rings (SSSR count). The lowest BCUT2D eigenvalue weighted by atomic mass is 9.99. The van der Waals surface area contributed by atoms with E-state index in [0.29, 0.717) is 28.6 Å². The predicted octanol–water partition coefficient (Wildman–Crippen LogP) is 6.16. The van der Waals surface area contributed by atoms with Crippen molar-refractivity contribution in [3.05, 3.63) is 112 Å². The summed E-state index contributed by atoms with van der Waals surface area (Å²) in [5.41, 5.74) is 5.95. The lowest BCUT2D eigenvalue weighted by Gasteiger charge is -2.33. The number of nitriles is 1. The minimum Gasteiger partial charge on any atom is -0.469 e. The van der Waals surface area contributed by atoms with Crippen LogP contribution in [0.1, 0.15) is 46.9 Å². The van der Waals surface area contributed by atoms with E-state index in [0.717, 1.165) is 35.3 Å². The van der Waals surface area contributed by atoms with Crippen molar-refractivity contribution < 1.29 is 9.53 Å². The maximum absolute atomic E-state index is 12.4. The molecule has 2 atom stereocenters. The number of nitrogens with one attached hydrogen (secondary N) is 3. The van der Waals surface area contributed by atoms with Crippen LogP contribution < -0.4 is 20.7 Å². The number of benzene rings is 3. The van der Waals surface area contributed by atoms with Crippen LogP contribution in [-0.4, -0.2) is 36.1 Å². The molecule has 0 saturated heterocycles. The number of hydrogen-bond acceptors (Lipinski definition) is 6. The third-order valence-corrected chi connectivity index (χ3v) is 7.28. The van der Waals surface area contributed by atoms with Crippen molar-refractivity contribution in [1.29, 1.82) is 5.26 Å². The third kappa shape index (κ3) is 6.86. The molecule has 7 nitrogen and oxygen atoms in total. The number of anilines is 1. The number of aromatic nitrogens is 1. The monoisotopic (exact) mass is 565 g/mol. The van der Waals surface area contributed by atoms with Gasteiger partial charge in [0.2, 0.25) is 5.88 Å². The van der Waals surface area contributed by atoms with Gasteiger partial charge in [0, 0.05) is 17.8 Å². The molecule has 1 aliphatic heterocycles. The molecule has 3 aromatic carbocycles. The van der Waals surface area contributed by atoms with Crippen molar-refractivity contribution in [2.24, 2.45) is 0 Å². The molecule has 1 amide bonds. The van der Waals surface area contributed by atoms with Gasteiger partial charge in [-0.2, -0.15) is 5.26 Å². The molecule has 4 aromatic rings. The van der Waals surface area contributed by atoms with Gasteiger partial charge >= 0.3 is 0 Å². The van der Waals surface area contributed by atoms with Gasteiger partial charge in [-0.05, 0) is 73.8 Å². The largest absolute Gasteiger partial charge is 0.469 e. The van der Waals surface area contributed by atoms with Crippen molar-refractivity contribution in [1.82, 2.24) is 15.6 Å². The summed E-state index contributed by atoms with van der Waals surface area (Å²) in [5, 5.41) is 19.5. The summed E-state index contributed by atoms with van der Waals surface area (Å²) in [6, 6.07) is 27.5. The zero-order chi connectivity index (χ0) is 28.8. The number of amides is 1. The molecule has 2 heterocycles. The fraction of sp³-hybridized carbons (Fsp3) is 0.242. The summed E-state index contributed by atoms with van der Waals surface area (Å²) < 4.78 is 6.43. The summed E-state index contributed by atoms with van der Waals surface area (Å²) >= 11 is 6.47. The minimum atomic E-state index is -0.195. The molecule has 208 valence electrons. The summed E-state index contributed by atoms with van der Waals surface area (Å²) in [7, 11) is 0. The molecule has 0 saturated carbocycles. The number of fused-ring (bicyclic) bond motifs is 1. The molecule has 41 heavy (non-hydrogen) atoms. The van der Waals surface area contributed by atoms with Crippen LogP contribution in [0.5, 0.6) is 5.88 Å². The summed E-state index contributed by atoms with van der Waals surface area (Å²) in [5.74, 6) is 0.346. The predicted molar refractivity (Wildman–Crippen MR) is 162 cm³/mol. The number of carbonyl (C=O) groups is 1. The van der Waals surface area contributed by atoms with E-state index >= 15 is 0 Å². The molecule has 0 aliphatic carbocycles. The fourth-order valence-electron chi connectivity index (χ4n) is 4.87. The van der Waals surface area contributed by atoms with Crippen molar-refractivity contribution >= 4 is 23.2 Å². The normalized spacial score (nSPS) is 14.8. The Kier molecular flexibility index (Phi) is 8.83. The number of hydrogen-bond donors (Lipinski definition) is 3. The van der Waals surface area contributed by atoms with Crippen LogP contribution in [0.25, 0.3) is 11.1 Å². The standard InChI is InChI=1S/C33H32ClN5O2/c1-21(2)39-32(40)27-13-12-25(16-28(27)34)26-17-29-33(38-19-26)41-30(20-37-29)31(24-6-4-3-5-7-24)36-15-14-22-8-10-23(18-35)11-9-22/h3-13,16-17,19,21,30-31,36-37H,14-15,20H2,1-2H3,(H,39,40)/t30-,31+/m0/s1. The van der Waals surface area contributed by atoms with E-state index < -0.39 is 0 Å². The number of rotatable bonds is 9. The molecule has 3 N–H and O–H groups in total. The van der Waals surface area contributed by atoms with E-state index in [1.165, 1.54) is 5.56 Å². The minimum absolute atomic E-state index is 0.0252.